The first kappa shape index (κ1) is 9.35. The maximum absolute atomic E-state index is 5.79. The van der Waals surface area contributed by atoms with Crippen molar-refractivity contribution in [3.05, 3.63) is 24.7 Å². The van der Waals surface area contributed by atoms with Crippen molar-refractivity contribution >= 4 is 22.5 Å². The Labute approximate surface area is 92.6 Å². The number of nitrogens with zero attached hydrogens (tertiary/aromatic N) is 3. The summed E-state index contributed by atoms with van der Waals surface area (Å²) in [5, 5.41) is 0.898. The molecule has 2 aromatic heterocycles. The zero-order valence-corrected chi connectivity index (χ0v) is 8.76. The van der Waals surface area contributed by atoms with E-state index in [4.69, 9.17) is 10.5 Å². The number of nitrogen functional groups attached to an aromatic ring is 1. The molecule has 0 saturated heterocycles. The molecule has 82 valence electrons. The van der Waals surface area contributed by atoms with Gasteiger partial charge in [-0.3, -0.25) is 0 Å². The molecule has 5 heteroatoms. The largest absolute Gasteiger partial charge is 0.383 e. The minimum absolute atomic E-state index is 0.524. The number of hydrogen-bond acceptors (Lipinski definition) is 4. The molecule has 5 nitrogen and oxygen atoms in total. The highest BCUT2D eigenvalue weighted by atomic mass is 16.5. The van der Waals surface area contributed by atoms with E-state index in [0.717, 1.165) is 24.1 Å². The van der Waals surface area contributed by atoms with Gasteiger partial charge in [-0.15, -0.1) is 0 Å². The van der Waals surface area contributed by atoms with E-state index in [0.29, 0.717) is 12.4 Å². The fourth-order valence-corrected chi connectivity index (χ4v) is 1.94. The fraction of sp³-hybridized carbons (Fsp3) is 0.273. The third-order valence-corrected chi connectivity index (χ3v) is 2.76. The van der Waals surface area contributed by atoms with E-state index < -0.39 is 0 Å². The summed E-state index contributed by atoms with van der Waals surface area (Å²) in [6.45, 7) is 1.42. The molecule has 2 aromatic rings. The highest BCUT2D eigenvalue weighted by molar-refractivity contribution is 5.88. The molecule has 0 radical (unpaired) electrons. The zero-order chi connectivity index (χ0) is 11.0. The van der Waals surface area contributed by atoms with E-state index in [9.17, 15) is 0 Å². The topological polar surface area (TPSA) is 66.0 Å². The van der Waals surface area contributed by atoms with Gasteiger partial charge in [-0.1, -0.05) is 0 Å². The Morgan fingerprint density at radius 2 is 2.31 bits per heavy atom. The average molecular weight is 216 g/mol. The standard InChI is InChI=1S/C11H12N4O/c12-10-9-1-4-15(11(9)14-7-13-10)8-2-5-16-6-3-8/h1-2,4,7H,3,5-6H2,(H2,12,13,14). The van der Waals surface area contributed by atoms with Crippen LogP contribution in [-0.4, -0.2) is 27.7 Å². The summed E-state index contributed by atoms with van der Waals surface area (Å²) in [6, 6.07) is 1.95. The van der Waals surface area contributed by atoms with E-state index >= 15 is 0 Å². The third-order valence-electron chi connectivity index (χ3n) is 2.76. The van der Waals surface area contributed by atoms with E-state index in [1.54, 1.807) is 0 Å². The van der Waals surface area contributed by atoms with Gasteiger partial charge in [0.05, 0.1) is 18.6 Å². The molecule has 0 unspecified atom stereocenters. The summed E-state index contributed by atoms with van der Waals surface area (Å²) in [5.41, 5.74) is 7.86. The average Bonchev–Trinajstić information content (AvgIpc) is 2.75. The number of rotatable bonds is 1. The monoisotopic (exact) mass is 216 g/mol. The SMILES string of the molecule is Nc1ncnc2c1ccn2C1=CCOCC1. The van der Waals surface area contributed by atoms with Gasteiger partial charge in [0.25, 0.3) is 0 Å². The number of hydrogen-bond donors (Lipinski definition) is 1. The fourth-order valence-electron chi connectivity index (χ4n) is 1.94. The van der Waals surface area contributed by atoms with Crippen molar-refractivity contribution < 1.29 is 4.74 Å². The first-order valence-corrected chi connectivity index (χ1v) is 5.21. The minimum atomic E-state index is 0.524. The van der Waals surface area contributed by atoms with Gasteiger partial charge >= 0.3 is 0 Å². The van der Waals surface area contributed by atoms with Crippen molar-refractivity contribution in [1.29, 1.82) is 0 Å². The lowest BCUT2D eigenvalue weighted by Gasteiger charge is -2.15. The van der Waals surface area contributed by atoms with Gasteiger partial charge in [0.15, 0.2) is 0 Å². The number of fused-ring (bicyclic) bond motifs is 1. The highest BCUT2D eigenvalue weighted by Crippen LogP contribution is 2.23. The van der Waals surface area contributed by atoms with Gasteiger partial charge in [0, 0.05) is 18.3 Å². The predicted molar refractivity (Wildman–Crippen MR) is 61.6 cm³/mol. The summed E-state index contributed by atoms with van der Waals surface area (Å²) < 4.78 is 7.34. The van der Waals surface area contributed by atoms with Crippen LogP contribution in [0.15, 0.2) is 24.7 Å². The van der Waals surface area contributed by atoms with E-state index in [1.165, 1.54) is 12.0 Å². The lowest BCUT2D eigenvalue weighted by Crippen LogP contribution is -2.08. The maximum Gasteiger partial charge on any atom is 0.149 e. The summed E-state index contributed by atoms with van der Waals surface area (Å²) in [4.78, 5) is 8.24. The Morgan fingerprint density at radius 3 is 3.12 bits per heavy atom. The van der Waals surface area contributed by atoms with Gasteiger partial charge in [0.1, 0.15) is 17.8 Å². The maximum atomic E-state index is 5.79. The molecule has 0 atom stereocenters. The lowest BCUT2D eigenvalue weighted by atomic mass is 10.2. The first-order valence-electron chi connectivity index (χ1n) is 5.21. The van der Waals surface area contributed by atoms with E-state index in [2.05, 4.69) is 20.6 Å². The Morgan fingerprint density at radius 1 is 1.38 bits per heavy atom. The van der Waals surface area contributed by atoms with Crippen LogP contribution >= 0.6 is 0 Å². The normalized spacial score (nSPS) is 16.4. The molecule has 16 heavy (non-hydrogen) atoms. The van der Waals surface area contributed by atoms with Crippen molar-refractivity contribution in [3.63, 3.8) is 0 Å². The lowest BCUT2D eigenvalue weighted by molar-refractivity contribution is 0.160. The van der Waals surface area contributed by atoms with Crippen LogP contribution in [0.4, 0.5) is 5.82 Å². The van der Waals surface area contributed by atoms with Gasteiger partial charge < -0.3 is 15.0 Å². The van der Waals surface area contributed by atoms with Gasteiger partial charge in [-0.2, -0.15) is 0 Å². The number of ether oxygens (including phenoxy) is 1. The smallest absolute Gasteiger partial charge is 0.149 e. The molecule has 0 saturated carbocycles. The molecule has 0 spiro atoms. The second kappa shape index (κ2) is 3.61. The van der Waals surface area contributed by atoms with Gasteiger partial charge in [-0.05, 0) is 12.1 Å². The third kappa shape index (κ3) is 1.37. The number of nitrogens with two attached hydrogens (primary N) is 1. The van der Waals surface area contributed by atoms with Crippen LogP contribution in [0.5, 0.6) is 0 Å². The molecular weight excluding hydrogens is 204 g/mol. The van der Waals surface area contributed by atoms with Gasteiger partial charge in [0.2, 0.25) is 0 Å². The minimum Gasteiger partial charge on any atom is -0.383 e. The van der Waals surface area contributed by atoms with Crippen LogP contribution in [0.3, 0.4) is 0 Å². The summed E-state index contributed by atoms with van der Waals surface area (Å²) in [6.07, 6.45) is 6.44. The first-order chi connectivity index (χ1) is 7.86. The van der Waals surface area contributed by atoms with Crippen molar-refractivity contribution in [2.45, 2.75) is 6.42 Å². The quantitative estimate of drug-likeness (QED) is 0.779. The molecule has 0 amide bonds. The molecule has 2 N–H and O–H groups in total. The summed E-state index contributed by atoms with van der Waals surface area (Å²) >= 11 is 0. The Bertz CT molecular complexity index is 558. The number of aromatic nitrogens is 3. The van der Waals surface area contributed by atoms with Crippen LogP contribution in [0.2, 0.25) is 0 Å². The van der Waals surface area contributed by atoms with Crippen LogP contribution in [-0.2, 0) is 4.74 Å². The van der Waals surface area contributed by atoms with Crippen molar-refractivity contribution in [1.82, 2.24) is 14.5 Å². The predicted octanol–water partition coefficient (Wildman–Crippen LogP) is 1.27. The molecule has 1 aliphatic heterocycles. The Balaban J connectivity index is 2.17. The molecular formula is C11H12N4O. The number of anilines is 1. The van der Waals surface area contributed by atoms with Crippen LogP contribution < -0.4 is 5.73 Å². The Hall–Kier alpha value is -1.88. The summed E-state index contributed by atoms with van der Waals surface area (Å²) in [5.74, 6) is 0.524. The van der Waals surface area contributed by atoms with E-state index in [1.807, 2.05) is 12.3 Å². The van der Waals surface area contributed by atoms with E-state index in [-0.39, 0.29) is 0 Å². The van der Waals surface area contributed by atoms with Crippen molar-refractivity contribution in [2.24, 2.45) is 0 Å². The second-order valence-electron chi connectivity index (χ2n) is 3.70. The van der Waals surface area contributed by atoms with Gasteiger partial charge in [-0.25, -0.2) is 9.97 Å². The molecule has 0 bridgehead atoms. The molecule has 0 aliphatic carbocycles. The van der Waals surface area contributed by atoms with Crippen molar-refractivity contribution in [2.75, 3.05) is 18.9 Å². The molecule has 0 fully saturated rings. The zero-order valence-electron chi connectivity index (χ0n) is 8.76. The Kier molecular flexibility index (Phi) is 2.11. The van der Waals surface area contributed by atoms with Crippen LogP contribution in [0.1, 0.15) is 6.42 Å². The molecule has 0 aromatic carbocycles. The summed E-state index contributed by atoms with van der Waals surface area (Å²) in [7, 11) is 0. The van der Waals surface area contributed by atoms with Crippen molar-refractivity contribution in [3.8, 4) is 0 Å². The second-order valence-corrected chi connectivity index (χ2v) is 3.70. The molecule has 3 heterocycles. The highest BCUT2D eigenvalue weighted by Gasteiger charge is 2.11. The molecule has 3 rings (SSSR count). The van der Waals surface area contributed by atoms with Crippen LogP contribution in [0, 0.1) is 0 Å². The van der Waals surface area contributed by atoms with Crippen LogP contribution in [0.25, 0.3) is 16.7 Å². The molecule has 1 aliphatic rings.